The Labute approximate surface area is 191 Å². The van der Waals surface area contributed by atoms with Gasteiger partial charge in [0.1, 0.15) is 23.0 Å². The summed E-state index contributed by atoms with van der Waals surface area (Å²) < 4.78 is 12.5. The van der Waals surface area contributed by atoms with Gasteiger partial charge in [0.25, 0.3) is 5.56 Å². The maximum Gasteiger partial charge on any atom is 0.265 e. The smallest absolute Gasteiger partial charge is 0.265 e. The highest BCUT2D eigenvalue weighted by Gasteiger charge is 2.23. The summed E-state index contributed by atoms with van der Waals surface area (Å²) in [5.41, 5.74) is 1.95. The van der Waals surface area contributed by atoms with Gasteiger partial charge in [-0.15, -0.1) is 0 Å². The molecule has 0 saturated carbocycles. The van der Waals surface area contributed by atoms with Crippen molar-refractivity contribution < 1.29 is 14.6 Å². The number of methoxy groups -OCH3 is 2. The van der Waals surface area contributed by atoms with E-state index in [0.29, 0.717) is 29.4 Å². The zero-order valence-electron chi connectivity index (χ0n) is 20.2. The van der Waals surface area contributed by atoms with Gasteiger partial charge in [-0.2, -0.15) is 4.98 Å². The molecule has 0 spiro atoms. The monoisotopic (exact) mass is 440 g/mol. The molecule has 0 amide bonds. The lowest BCUT2D eigenvalue weighted by molar-refractivity contribution is 0.387. The molecule has 6 nitrogen and oxygen atoms in total. The van der Waals surface area contributed by atoms with Crippen LogP contribution in [0.15, 0.2) is 59.4 Å². The lowest BCUT2D eigenvalue weighted by Gasteiger charge is -2.19. The topological polar surface area (TPSA) is 73.6 Å². The number of unbranched alkanes of at least 4 members (excludes halogenated alkanes) is 1. The van der Waals surface area contributed by atoms with Gasteiger partial charge >= 0.3 is 0 Å². The van der Waals surface area contributed by atoms with E-state index in [0.717, 1.165) is 24.0 Å². The number of para-hydroxylation sites is 1. The molecule has 32 heavy (non-hydrogen) atoms. The molecule has 1 heterocycles. The van der Waals surface area contributed by atoms with Crippen molar-refractivity contribution >= 4 is 0 Å². The molecule has 0 fully saturated rings. The summed E-state index contributed by atoms with van der Waals surface area (Å²) in [4.78, 5) is 18.0. The van der Waals surface area contributed by atoms with E-state index in [1.807, 2.05) is 20.8 Å². The third kappa shape index (κ3) is 5.90. The van der Waals surface area contributed by atoms with Crippen LogP contribution in [0.1, 0.15) is 51.9 Å². The fourth-order valence-electron chi connectivity index (χ4n) is 3.22. The highest BCUT2D eigenvalue weighted by atomic mass is 16.5. The molecule has 2 aromatic rings. The second-order valence-electron chi connectivity index (χ2n) is 6.88. The molecular formula is C26H36N2O4. The highest BCUT2D eigenvalue weighted by Crippen LogP contribution is 2.33. The predicted molar refractivity (Wildman–Crippen MR) is 131 cm³/mol. The van der Waals surface area contributed by atoms with E-state index in [1.165, 1.54) is 18.8 Å². The maximum atomic E-state index is 13.6. The molecular weight excluding hydrogens is 404 g/mol. The van der Waals surface area contributed by atoms with Gasteiger partial charge in [0, 0.05) is 12.8 Å². The van der Waals surface area contributed by atoms with Crippen molar-refractivity contribution in [3.63, 3.8) is 0 Å². The van der Waals surface area contributed by atoms with Crippen molar-refractivity contribution in [2.24, 2.45) is 0 Å². The van der Waals surface area contributed by atoms with Crippen LogP contribution in [-0.2, 0) is 12.8 Å². The van der Waals surface area contributed by atoms with Crippen LogP contribution < -0.4 is 15.0 Å². The summed E-state index contributed by atoms with van der Waals surface area (Å²) in [6.45, 7) is 15.5. The summed E-state index contributed by atoms with van der Waals surface area (Å²) in [6, 6.07) is 5.31. The average Bonchev–Trinajstić information content (AvgIpc) is 2.83. The molecule has 0 saturated heterocycles. The minimum Gasteiger partial charge on any atom is -0.494 e. The number of hydrogen-bond acceptors (Lipinski definition) is 5. The summed E-state index contributed by atoms with van der Waals surface area (Å²) in [6.07, 6.45) is 5.80. The number of aromatic hydroxyl groups is 1. The van der Waals surface area contributed by atoms with Crippen molar-refractivity contribution in [2.75, 3.05) is 14.2 Å². The first-order valence-corrected chi connectivity index (χ1v) is 10.9. The van der Waals surface area contributed by atoms with Crippen LogP contribution >= 0.6 is 0 Å². The fourth-order valence-corrected chi connectivity index (χ4v) is 3.22. The van der Waals surface area contributed by atoms with Gasteiger partial charge in [-0.05, 0) is 36.6 Å². The van der Waals surface area contributed by atoms with E-state index in [-0.39, 0.29) is 23.4 Å². The number of benzene rings is 1. The molecule has 0 radical (unpaired) electrons. The highest BCUT2D eigenvalue weighted by molar-refractivity contribution is 5.58. The first kappa shape index (κ1) is 26.8. The normalized spacial score (nSPS) is 11.1. The van der Waals surface area contributed by atoms with Crippen molar-refractivity contribution in [1.82, 2.24) is 9.55 Å². The molecule has 0 bridgehead atoms. The summed E-state index contributed by atoms with van der Waals surface area (Å²) in [5, 5.41) is 10.6. The quantitative estimate of drug-likeness (QED) is 0.490. The number of aryl methyl sites for hydroxylation is 1. The number of allylic oxidation sites excluding steroid dienone is 4. The zero-order valence-corrected chi connectivity index (χ0v) is 20.2. The van der Waals surface area contributed by atoms with Gasteiger partial charge in [0.15, 0.2) is 0 Å². The Kier molecular flexibility index (Phi) is 11.0. The molecule has 2 rings (SSSR count). The molecule has 1 N–H and O–H groups in total. The van der Waals surface area contributed by atoms with E-state index in [4.69, 9.17) is 9.47 Å². The van der Waals surface area contributed by atoms with Crippen molar-refractivity contribution in [1.29, 1.82) is 0 Å². The van der Waals surface area contributed by atoms with Crippen LogP contribution in [0.3, 0.4) is 0 Å². The fraction of sp³-hybridized carbons (Fsp3) is 0.385. The van der Waals surface area contributed by atoms with Gasteiger partial charge in [-0.1, -0.05) is 58.6 Å². The van der Waals surface area contributed by atoms with Crippen LogP contribution in [0, 0.1) is 0 Å². The van der Waals surface area contributed by atoms with Crippen LogP contribution in [0.5, 0.6) is 17.4 Å². The Balaban J connectivity index is 0.00000249. The van der Waals surface area contributed by atoms with Crippen LogP contribution in [0.25, 0.3) is 5.69 Å². The van der Waals surface area contributed by atoms with E-state index in [1.54, 1.807) is 30.4 Å². The number of rotatable bonds is 10. The minimum absolute atomic E-state index is 0.180. The van der Waals surface area contributed by atoms with Crippen LogP contribution in [0.2, 0.25) is 0 Å². The number of ether oxygens (including phenoxy) is 2. The third-order valence-corrected chi connectivity index (χ3v) is 5.03. The van der Waals surface area contributed by atoms with Gasteiger partial charge in [-0.25, -0.2) is 0 Å². The Morgan fingerprint density at radius 1 is 1.16 bits per heavy atom. The zero-order chi connectivity index (χ0) is 24.3. The molecule has 6 heteroatoms. The lowest BCUT2D eigenvalue weighted by atomic mass is 10.0. The SMILES string of the molecule is C=C/C(C)=C(\C=C)Cc1c(O)nc(CCCC)n(-c2c(OC)cccc2OC)c1=O.CC. The molecule has 174 valence electrons. The molecule has 0 aliphatic carbocycles. The minimum atomic E-state index is -0.368. The molecule has 1 aromatic carbocycles. The second kappa shape index (κ2) is 13.2. The van der Waals surface area contributed by atoms with Gasteiger partial charge in [0.05, 0.1) is 19.8 Å². The van der Waals surface area contributed by atoms with E-state index in [2.05, 4.69) is 25.1 Å². The molecule has 0 unspecified atom stereocenters. The molecule has 1 aromatic heterocycles. The van der Waals surface area contributed by atoms with Crippen LogP contribution in [0.4, 0.5) is 0 Å². The maximum absolute atomic E-state index is 13.6. The van der Waals surface area contributed by atoms with E-state index < -0.39 is 0 Å². The number of nitrogens with zero attached hydrogens (tertiary/aromatic N) is 2. The van der Waals surface area contributed by atoms with Gasteiger partial charge in [0.2, 0.25) is 5.88 Å². The molecule has 0 atom stereocenters. The Bertz CT molecular complexity index is 997. The predicted octanol–water partition coefficient (Wildman–Crippen LogP) is 5.56. The van der Waals surface area contributed by atoms with Crippen molar-refractivity contribution in [2.45, 2.75) is 53.4 Å². The largest absolute Gasteiger partial charge is 0.494 e. The Morgan fingerprint density at radius 2 is 1.75 bits per heavy atom. The number of aromatic nitrogens is 2. The molecule has 0 aliphatic rings. The molecule has 0 aliphatic heterocycles. The summed E-state index contributed by atoms with van der Waals surface area (Å²) in [7, 11) is 3.07. The Hall–Kier alpha value is -3.28. The first-order valence-electron chi connectivity index (χ1n) is 10.9. The lowest BCUT2D eigenvalue weighted by Crippen LogP contribution is -2.28. The summed E-state index contributed by atoms with van der Waals surface area (Å²) in [5.74, 6) is 1.15. The summed E-state index contributed by atoms with van der Waals surface area (Å²) >= 11 is 0. The number of hydrogen-bond donors (Lipinski definition) is 1. The second-order valence-corrected chi connectivity index (χ2v) is 6.88. The Morgan fingerprint density at radius 3 is 2.22 bits per heavy atom. The van der Waals surface area contributed by atoms with Crippen LogP contribution in [-0.4, -0.2) is 28.9 Å². The van der Waals surface area contributed by atoms with E-state index in [9.17, 15) is 9.90 Å². The standard InChI is InChI=1S/C24H30N2O4.C2H6/c1-7-10-14-21-25-23(27)18(15-17(9-3)16(4)8-2)24(28)26(21)22-19(29-5)12-11-13-20(22)30-6;1-2/h8-9,11-13,27H,2-3,7,10,14-15H2,1,4-6H3;1-2H3/b17-16+;. The van der Waals surface area contributed by atoms with Crippen molar-refractivity contribution in [3.05, 3.63) is 76.4 Å². The van der Waals surface area contributed by atoms with Gasteiger partial charge in [-0.3, -0.25) is 9.36 Å². The van der Waals surface area contributed by atoms with E-state index >= 15 is 0 Å². The first-order chi connectivity index (χ1) is 15.4. The average molecular weight is 441 g/mol. The van der Waals surface area contributed by atoms with Gasteiger partial charge < -0.3 is 14.6 Å². The third-order valence-electron chi connectivity index (χ3n) is 5.03. The van der Waals surface area contributed by atoms with Crippen molar-refractivity contribution in [3.8, 4) is 23.1 Å².